The van der Waals surface area contributed by atoms with E-state index in [4.69, 9.17) is 9.10 Å². The summed E-state index contributed by atoms with van der Waals surface area (Å²) >= 11 is 0. The zero-order chi connectivity index (χ0) is 33.8. The number of nitrogens with one attached hydrogen (secondary N) is 2. The molecular formula is C40H41N5O3S. The van der Waals surface area contributed by atoms with Crippen molar-refractivity contribution in [1.82, 2.24) is 14.5 Å². The molecule has 0 fully saturated rings. The molecule has 2 N–H and O–H groups in total. The highest BCUT2D eigenvalue weighted by Gasteiger charge is 2.41. The van der Waals surface area contributed by atoms with Crippen LogP contribution in [0.25, 0.3) is 0 Å². The normalized spacial score (nSPS) is 18.5. The molecule has 2 amide bonds. The lowest BCUT2D eigenvalue weighted by atomic mass is 9.75. The molecule has 2 heterocycles. The minimum Gasteiger partial charge on any atom is -0.476 e. The summed E-state index contributed by atoms with van der Waals surface area (Å²) in [5.74, 6) is 0.696. The first-order valence-electron chi connectivity index (χ1n) is 17.1. The first kappa shape index (κ1) is 31.4. The standard InChI is InChI=1S/C40H41N5O3S/c1-27-22-29-23-28-14-13-21-33(28)36(35(27)29)42-38(46)43-49(47,34-24-41-45-25-39(2,3)26-48-37(34)45)44-40(30-15-7-4-8-16-30,31-17-9-5-10-18-31)32-19-11-6-12-20-32/h4-12,15-20,23-24,27H,13-14,21-22,25-26H2,1-3H3,(H2,42,43,44,46,47)/t27-,49?/m1/s1. The van der Waals surface area contributed by atoms with Gasteiger partial charge in [0.25, 0.3) is 0 Å². The van der Waals surface area contributed by atoms with Crippen molar-refractivity contribution in [3.05, 3.63) is 142 Å². The minimum absolute atomic E-state index is 0.173. The molecule has 0 saturated heterocycles. The van der Waals surface area contributed by atoms with Crippen molar-refractivity contribution >= 4 is 21.6 Å². The molecule has 3 aliphatic rings. The molecule has 1 unspecified atom stereocenters. The van der Waals surface area contributed by atoms with Gasteiger partial charge >= 0.3 is 6.03 Å². The topological polar surface area (TPSA) is 97.6 Å². The van der Waals surface area contributed by atoms with Gasteiger partial charge in [0.15, 0.2) is 9.92 Å². The number of urea groups is 1. The molecule has 8 nitrogen and oxygen atoms in total. The third-order valence-electron chi connectivity index (χ3n) is 10.1. The average molecular weight is 672 g/mol. The van der Waals surface area contributed by atoms with E-state index in [-0.39, 0.29) is 10.3 Å². The van der Waals surface area contributed by atoms with E-state index in [9.17, 15) is 4.79 Å². The number of aryl methyl sites for hydroxylation is 1. The van der Waals surface area contributed by atoms with Crippen LogP contribution in [0.1, 0.15) is 72.1 Å². The van der Waals surface area contributed by atoms with Gasteiger partial charge in [0.05, 0.1) is 19.3 Å². The van der Waals surface area contributed by atoms with Gasteiger partial charge in [-0.1, -0.05) is 118 Å². The van der Waals surface area contributed by atoms with Gasteiger partial charge in [0.1, 0.15) is 10.4 Å². The van der Waals surface area contributed by atoms with Gasteiger partial charge in [-0.3, -0.25) is 0 Å². The number of amides is 2. The lowest BCUT2D eigenvalue weighted by Crippen LogP contribution is -2.39. The number of anilines is 1. The highest BCUT2D eigenvalue weighted by Crippen LogP contribution is 2.47. The molecule has 2 aliphatic carbocycles. The maximum atomic E-state index is 16.0. The van der Waals surface area contributed by atoms with Crippen LogP contribution < -0.4 is 14.8 Å². The molecule has 250 valence electrons. The number of aromatic nitrogens is 2. The molecule has 4 aromatic carbocycles. The van der Waals surface area contributed by atoms with Crippen molar-refractivity contribution in [3.63, 3.8) is 0 Å². The molecule has 49 heavy (non-hydrogen) atoms. The molecule has 8 rings (SSSR count). The largest absolute Gasteiger partial charge is 0.476 e. The number of hydrogen-bond donors (Lipinski definition) is 2. The molecule has 0 radical (unpaired) electrons. The number of benzene rings is 4. The predicted octanol–water partition coefficient (Wildman–Crippen LogP) is 8.01. The van der Waals surface area contributed by atoms with Crippen molar-refractivity contribution in [3.8, 4) is 5.88 Å². The maximum absolute atomic E-state index is 16.0. The monoisotopic (exact) mass is 671 g/mol. The van der Waals surface area contributed by atoms with Crippen molar-refractivity contribution in [2.75, 3.05) is 11.9 Å². The molecule has 1 aliphatic heterocycles. The second kappa shape index (κ2) is 11.9. The fourth-order valence-corrected chi connectivity index (χ4v) is 9.65. The molecule has 2 atom stereocenters. The van der Waals surface area contributed by atoms with Gasteiger partial charge < -0.3 is 10.1 Å². The van der Waals surface area contributed by atoms with Gasteiger partial charge in [0, 0.05) is 11.1 Å². The van der Waals surface area contributed by atoms with Gasteiger partial charge in [-0.2, -0.15) is 9.46 Å². The van der Waals surface area contributed by atoms with Crippen LogP contribution in [-0.2, 0) is 41.3 Å². The van der Waals surface area contributed by atoms with Crippen molar-refractivity contribution < 1.29 is 13.7 Å². The van der Waals surface area contributed by atoms with Crippen molar-refractivity contribution in [2.45, 2.75) is 69.4 Å². The van der Waals surface area contributed by atoms with Crippen LogP contribution in [0.2, 0.25) is 0 Å². The third-order valence-corrected chi connectivity index (χ3v) is 12.0. The van der Waals surface area contributed by atoms with E-state index in [1.165, 1.54) is 22.3 Å². The van der Waals surface area contributed by atoms with Crippen LogP contribution in [0, 0.1) is 5.41 Å². The Morgan fingerprint density at radius 1 is 0.939 bits per heavy atom. The molecule has 0 spiro atoms. The molecule has 0 bridgehead atoms. The molecule has 1 aromatic heterocycles. The number of ether oxygens (including phenoxy) is 1. The summed E-state index contributed by atoms with van der Waals surface area (Å²) in [7, 11) is -3.80. The summed E-state index contributed by atoms with van der Waals surface area (Å²) in [4.78, 5) is 14.6. The Labute approximate surface area is 288 Å². The quantitative estimate of drug-likeness (QED) is 0.171. The molecular weight excluding hydrogens is 631 g/mol. The third kappa shape index (κ3) is 5.40. The summed E-state index contributed by atoms with van der Waals surface area (Å²) in [6, 6.07) is 31.3. The Kier molecular flexibility index (Phi) is 7.63. The number of carbonyl (C=O) groups excluding carboxylic acids is 1. The summed E-state index contributed by atoms with van der Waals surface area (Å²) in [5, 5.41) is 7.82. The average Bonchev–Trinajstić information content (AvgIpc) is 3.75. The second-order valence-corrected chi connectivity index (χ2v) is 16.2. The number of hydrogen-bond acceptors (Lipinski definition) is 5. The summed E-state index contributed by atoms with van der Waals surface area (Å²) < 4.78 is 32.4. The maximum Gasteiger partial charge on any atom is 0.331 e. The summed E-state index contributed by atoms with van der Waals surface area (Å²) in [6.45, 7) is 7.38. The van der Waals surface area contributed by atoms with Gasteiger partial charge in [-0.25, -0.2) is 18.4 Å². The van der Waals surface area contributed by atoms with Crippen LogP contribution in [0.15, 0.2) is 113 Å². The SMILES string of the molecule is C[C@@H]1Cc2cc3c(c(NC(=O)NS(=O)(=NC(c4ccccc4)(c4ccccc4)c4ccccc4)c4cnn5c4OCC(C)(C)C5)c21)CCC3. The fraction of sp³-hybridized carbons (Fsp3) is 0.300. The minimum atomic E-state index is -3.80. The molecule has 5 aromatic rings. The van der Waals surface area contributed by atoms with E-state index in [1.54, 1.807) is 10.9 Å². The Morgan fingerprint density at radius 3 is 2.14 bits per heavy atom. The Hall–Kier alpha value is -4.89. The van der Waals surface area contributed by atoms with E-state index >= 15 is 4.21 Å². The van der Waals surface area contributed by atoms with E-state index < -0.39 is 21.5 Å². The Bertz CT molecular complexity index is 2070. The summed E-state index contributed by atoms with van der Waals surface area (Å²) in [6.07, 6.45) is 5.51. The molecule has 9 heteroatoms. The Balaban J connectivity index is 1.35. The lowest BCUT2D eigenvalue weighted by molar-refractivity contribution is 0.0971. The van der Waals surface area contributed by atoms with E-state index in [0.29, 0.717) is 24.9 Å². The van der Waals surface area contributed by atoms with Gasteiger partial charge in [-0.05, 0) is 70.5 Å². The predicted molar refractivity (Wildman–Crippen MR) is 192 cm³/mol. The van der Waals surface area contributed by atoms with Crippen LogP contribution in [0.3, 0.4) is 0 Å². The highest BCUT2D eigenvalue weighted by atomic mass is 32.2. The van der Waals surface area contributed by atoms with Crippen LogP contribution >= 0.6 is 0 Å². The van der Waals surface area contributed by atoms with Crippen molar-refractivity contribution in [2.24, 2.45) is 9.78 Å². The smallest absolute Gasteiger partial charge is 0.331 e. The number of carbonyl (C=O) groups is 1. The lowest BCUT2D eigenvalue weighted by Gasteiger charge is -2.34. The van der Waals surface area contributed by atoms with Crippen LogP contribution in [0.5, 0.6) is 5.88 Å². The Morgan fingerprint density at radius 2 is 1.55 bits per heavy atom. The zero-order valence-corrected chi connectivity index (χ0v) is 28.9. The number of rotatable bonds is 7. The highest BCUT2D eigenvalue weighted by molar-refractivity contribution is 7.92. The summed E-state index contributed by atoms with van der Waals surface area (Å²) in [5.41, 5.74) is 6.78. The fourth-order valence-electron chi connectivity index (χ4n) is 7.80. The second-order valence-electron chi connectivity index (χ2n) is 14.3. The van der Waals surface area contributed by atoms with E-state index in [1.807, 2.05) is 91.0 Å². The molecule has 0 saturated carbocycles. The first-order valence-corrected chi connectivity index (χ1v) is 18.6. The van der Waals surface area contributed by atoms with Gasteiger partial charge in [0.2, 0.25) is 5.88 Å². The van der Waals surface area contributed by atoms with Crippen LogP contribution in [-0.4, -0.2) is 26.6 Å². The number of nitrogens with zero attached hydrogens (tertiary/aromatic N) is 3. The first-order chi connectivity index (χ1) is 23.7. The van der Waals surface area contributed by atoms with Crippen molar-refractivity contribution in [1.29, 1.82) is 0 Å². The zero-order valence-electron chi connectivity index (χ0n) is 28.1. The van der Waals surface area contributed by atoms with Gasteiger partial charge in [-0.15, -0.1) is 0 Å². The van der Waals surface area contributed by atoms with E-state index in [0.717, 1.165) is 48.1 Å². The number of fused-ring (bicyclic) bond motifs is 3. The van der Waals surface area contributed by atoms with Crippen LogP contribution in [0.4, 0.5) is 10.5 Å². The van der Waals surface area contributed by atoms with E-state index in [2.05, 4.69) is 42.0 Å².